The molecule has 0 fully saturated rings. The van der Waals surface area contributed by atoms with Crippen molar-refractivity contribution in [2.24, 2.45) is 0 Å². The highest BCUT2D eigenvalue weighted by Gasteiger charge is 2.19. The van der Waals surface area contributed by atoms with E-state index in [2.05, 4.69) is 15.0 Å². The molecule has 18 heavy (non-hydrogen) atoms. The summed E-state index contributed by atoms with van der Waals surface area (Å²) in [4.78, 5) is 15.1. The normalized spacial score (nSPS) is 14.0. The van der Waals surface area contributed by atoms with Gasteiger partial charge in [-0.05, 0) is 32.1 Å². The topological polar surface area (TPSA) is 91.7 Å². The van der Waals surface area contributed by atoms with Crippen LogP contribution in [0.5, 0.6) is 0 Å². The van der Waals surface area contributed by atoms with Crippen LogP contribution < -0.4 is 5.32 Å². The summed E-state index contributed by atoms with van der Waals surface area (Å²) in [6, 6.07) is 3.00. The monoisotopic (exact) mass is 254 g/mol. The van der Waals surface area contributed by atoms with E-state index in [0.717, 1.165) is 0 Å². The maximum absolute atomic E-state index is 11.2. The van der Waals surface area contributed by atoms with Crippen LogP contribution in [-0.2, 0) is 4.74 Å². The lowest BCUT2D eigenvalue weighted by Crippen LogP contribution is -2.24. The lowest BCUT2D eigenvalue weighted by atomic mass is 10.1. The van der Waals surface area contributed by atoms with Gasteiger partial charge < -0.3 is 20.3 Å². The first-order chi connectivity index (χ1) is 8.60. The molecule has 0 saturated carbocycles. The Labute approximate surface area is 106 Å². The number of nitrogens with one attached hydrogen (secondary N) is 1. The van der Waals surface area contributed by atoms with Crippen molar-refractivity contribution in [3.63, 3.8) is 0 Å². The number of hydrogen-bond acceptors (Lipinski definition) is 6. The Bertz CT molecular complexity index is 380. The zero-order chi connectivity index (χ0) is 13.5. The zero-order valence-corrected chi connectivity index (χ0v) is 10.5. The molecule has 6 heteroatoms. The third-order valence-corrected chi connectivity index (χ3v) is 2.57. The van der Waals surface area contributed by atoms with Gasteiger partial charge in [0.25, 0.3) is 0 Å². The van der Waals surface area contributed by atoms with Gasteiger partial charge in [0.05, 0.1) is 24.5 Å². The fraction of sp³-hybridized carbons (Fsp3) is 0.500. The highest BCUT2D eigenvalue weighted by atomic mass is 16.5. The number of nitrogens with zero attached hydrogens (tertiary/aromatic N) is 1. The number of aliphatic hydroxyl groups is 2. The van der Waals surface area contributed by atoms with Crippen LogP contribution in [0, 0.1) is 0 Å². The Morgan fingerprint density at radius 2 is 2.22 bits per heavy atom. The summed E-state index contributed by atoms with van der Waals surface area (Å²) in [6.07, 6.45) is -0.230. The standard InChI is InChI=1S/C12H18N2O4/c1-13-6-5-10(15)11(16)9-4-3-8(7-14-9)12(17)18-2/h3-4,7,10-11,13,15-16H,5-6H2,1-2H3. The summed E-state index contributed by atoms with van der Waals surface area (Å²) >= 11 is 0. The molecule has 100 valence electrons. The molecule has 3 N–H and O–H groups in total. The van der Waals surface area contributed by atoms with Crippen LogP contribution in [-0.4, -0.2) is 48.0 Å². The lowest BCUT2D eigenvalue weighted by molar-refractivity contribution is 0.0115. The number of hydrogen-bond donors (Lipinski definition) is 3. The molecule has 2 atom stereocenters. The van der Waals surface area contributed by atoms with Crippen molar-refractivity contribution < 1.29 is 19.7 Å². The van der Waals surface area contributed by atoms with E-state index in [1.807, 2.05) is 0 Å². The smallest absolute Gasteiger partial charge is 0.339 e. The van der Waals surface area contributed by atoms with Crippen molar-refractivity contribution in [2.75, 3.05) is 20.7 Å². The van der Waals surface area contributed by atoms with Gasteiger partial charge in [0.2, 0.25) is 0 Å². The van der Waals surface area contributed by atoms with Crippen LogP contribution >= 0.6 is 0 Å². The van der Waals surface area contributed by atoms with E-state index in [0.29, 0.717) is 24.2 Å². The number of aliphatic hydroxyl groups excluding tert-OH is 2. The number of esters is 1. The SMILES string of the molecule is CNCCC(O)C(O)c1ccc(C(=O)OC)cn1. The molecular weight excluding hydrogens is 236 g/mol. The summed E-state index contributed by atoms with van der Waals surface area (Å²) in [5.41, 5.74) is 0.629. The quantitative estimate of drug-likeness (QED) is 0.613. The summed E-state index contributed by atoms with van der Waals surface area (Å²) < 4.78 is 4.54. The molecule has 0 aliphatic heterocycles. The fourth-order valence-corrected chi connectivity index (χ4v) is 1.47. The van der Waals surface area contributed by atoms with Crippen LogP contribution in [0.25, 0.3) is 0 Å². The maximum atomic E-state index is 11.2. The minimum absolute atomic E-state index is 0.304. The third-order valence-electron chi connectivity index (χ3n) is 2.57. The molecule has 1 rings (SSSR count). The average molecular weight is 254 g/mol. The molecule has 1 aromatic heterocycles. The molecule has 0 spiro atoms. The van der Waals surface area contributed by atoms with Gasteiger partial charge in [-0.3, -0.25) is 4.98 Å². The number of carbonyl (C=O) groups excluding carboxylic acids is 1. The number of pyridine rings is 1. The van der Waals surface area contributed by atoms with Crippen LogP contribution in [0.1, 0.15) is 28.6 Å². The summed E-state index contributed by atoms with van der Waals surface area (Å²) in [5, 5.41) is 22.4. The number of aromatic nitrogens is 1. The molecule has 6 nitrogen and oxygen atoms in total. The Morgan fingerprint density at radius 3 is 2.72 bits per heavy atom. The van der Waals surface area contributed by atoms with Gasteiger partial charge in [-0.2, -0.15) is 0 Å². The summed E-state index contributed by atoms with van der Waals surface area (Å²) in [7, 11) is 3.05. The average Bonchev–Trinajstić information content (AvgIpc) is 2.43. The van der Waals surface area contributed by atoms with Crippen LogP contribution in [0.2, 0.25) is 0 Å². The van der Waals surface area contributed by atoms with E-state index < -0.39 is 18.2 Å². The van der Waals surface area contributed by atoms with E-state index in [4.69, 9.17) is 0 Å². The molecule has 0 amide bonds. The number of ether oxygens (including phenoxy) is 1. The van der Waals surface area contributed by atoms with Gasteiger partial charge in [-0.25, -0.2) is 4.79 Å². The molecular formula is C12H18N2O4. The maximum Gasteiger partial charge on any atom is 0.339 e. The van der Waals surface area contributed by atoms with Crippen LogP contribution in [0.15, 0.2) is 18.3 Å². The second-order valence-corrected chi connectivity index (χ2v) is 3.87. The van der Waals surface area contributed by atoms with Crippen molar-refractivity contribution in [3.05, 3.63) is 29.6 Å². The van der Waals surface area contributed by atoms with Crippen molar-refractivity contribution in [3.8, 4) is 0 Å². The Morgan fingerprint density at radius 1 is 1.50 bits per heavy atom. The molecule has 0 saturated heterocycles. The molecule has 2 unspecified atom stereocenters. The fourth-order valence-electron chi connectivity index (χ4n) is 1.47. The zero-order valence-electron chi connectivity index (χ0n) is 10.5. The Kier molecular flexibility index (Phi) is 5.70. The molecule has 0 aliphatic carbocycles. The summed E-state index contributed by atoms with van der Waals surface area (Å²) in [6.45, 7) is 0.596. The lowest BCUT2D eigenvalue weighted by Gasteiger charge is -2.17. The van der Waals surface area contributed by atoms with E-state index in [-0.39, 0.29) is 0 Å². The molecule has 0 aromatic carbocycles. The molecule has 0 radical (unpaired) electrons. The number of methoxy groups -OCH3 is 1. The van der Waals surface area contributed by atoms with E-state index >= 15 is 0 Å². The molecule has 0 bridgehead atoms. The van der Waals surface area contributed by atoms with Crippen LogP contribution in [0.3, 0.4) is 0 Å². The van der Waals surface area contributed by atoms with Crippen molar-refractivity contribution in [1.29, 1.82) is 0 Å². The highest BCUT2D eigenvalue weighted by molar-refractivity contribution is 5.88. The first-order valence-corrected chi connectivity index (χ1v) is 5.65. The Hall–Kier alpha value is -1.50. The largest absolute Gasteiger partial charge is 0.465 e. The summed E-state index contributed by atoms with van der Waals surface area (Å²) in [5.74, 6) is -0.487. The van der Waals surface area contributed by atoms with E-state index in [1.165, 1.54) is 25.4 Å². The van der Waals surface area contributed by atoms with Gasteiger partial charge in [-0.1, -0.05) is 0 Å². The minimum atomic E-state index is -1.06. The van der Waals surface area contributed by atoms with Gasteiger partial charge in [0.1, 0.15) is 6.10 Å². The number of carbonyl (C=O) groups is 1. The molecule has 1 aromatic rings. The van der Waals surface area contributed by atoms with Gasteiger partial charge in [-0.15, -0.1) is 0 Å². The third kappa shape index (κ3) is 3.76. The predicted octanol–water partition coefficient (Wildman–Crippen LogP) is -0.128. The molecule has 0 aliphatic rings. The molecule has 1 heterocycles. The predicted molar refractivity (Wildman–Crippen MR) is 65.1 cm³/mol. The minimum Gasteiger partial charge on any atom is -0.465 e. The van der Waals surface area contributed by atoms with Crippen molar-refractivity contribution >= 4 is 5.97 Å². The van der Waals surface area contributed by atoms with Crippen molar-refractivity contribution in [2.45, 2.75) is 18.6 Å². The van der Waals surface area contributed by atoms with Gasteiger partial charge in [0, 0.05) is 6.20 Å². The van der Waals surface area contributed by atoms with Crippen LogP contribution in [0.4, 0.5) is 0 Å². The second kappa shape index (κ2) is 7.05. The van der Waals surface area contributed by atoms with E-state index in [9.17, 15) is 15.0 Å². The van der Waals surface area contributed by atoms with Gasteiger partial charge >= 0.3 is 5.97 Å². The second-order valence-electron chi connectivity index (χ2n) is 3.87. The number of rotatable bonds is 6. The van der Waals surface area contributed by atoms with Crippen molar-refractivity contribution in [1.82, 2.24) is 10.3 Å². The van der Waals surface area contributed by atoms with E-state index in [1.54, 1.807) is 7.05 Å². The highest BCUT2D eigenvalue weighted by Crippen LogP contribution is 2.17. The first kappa shape index (κ1) is 14.6. The first-order valence-electron chi connectivity index (χ1n) is 5.65. The van der Waals surface area contributed by atoms with Gasteiger partial charge in [0.15, 0.2) is 0 Å². The Balaban J connectivity index is 2.69.